The number of benzene rings is 6. The summed E-state index contributed by atoms with van der Waals surface area (Å²) in [5.74, 6) is 0. The van der Waals surface area contributed by atoms with Crippen LogP contribution in [0.25, 0.3) is 54.3 Å². The molecule has 0 aliphatic carbocycles. The molecule has 0 amide bonds. The van der Waals surface area contributed by atoms with Gasteiger partial charge in [0.25, 0.3) is 0 Å². The first kappa shape index (κ1) is 20.5. The molecule has 37 heavy (non-hydrogen) atoms. The number of nitrogens with zero attached hydrogens (tertiary/aromatic N) is 2. The van der Waals surface area contributed by atoms with E-state index in [9.17, 15) is 0 Å². The van der Waals surface area contributed by atoms with E-state index in [0.29, 0.717) is 0 Å². The lowest BCUT2D eigenvalue weighted by Gasteiger charge is -2.34. The van der Waals surface area contributed by atoms with Gasteiger partial charge < -0.3 is 4.90 Å². The molecule has 6 aromatic carbocycles. The summed E-state index contributed by atoms with van der Waals surface area (Å²) in [7, 11) is 0. The Morgan fingerprint density at radius 3 is 2.14 bits per heavy atom. The lowest BCUT2D eigenvalue weighted by molar-refractivity contribution is 1.26. The minimum atomic E-state index is 1.06. The highest BCUT2D eigenvalue weighted by molar-refractivity contribution is 6.26. The van der Waals surface area contributed by atoms with Gasteiger partial charge in [0.15, 0.2) is 0 Å². The maximum atomic E-state index is 4.98. The van der Waals surface area contributed by atoms with E-state index in [2.05, 4.69) is 122 Å². The fraction of sp³-hybridized carbons (Fsp3) is 0.0571. The maximum absolute atomic E-state index is 4.98. The standard InChI is InChI=1S/C35H24N2/c1-21-16-25-12-13-27-28-14-15-36-35-31-18-23-8-6-7-9-24(23)19-32(31)37(26-10-4-3-5-11-26)33(34(28)35)20-30(27)29(25)17-22(21)2/h3-20H,1-2H3. The molecule has 0 saturated carbocycles. The number of aromatic nitrogens is 1. The van der Waals surface area contributed by atoms with Crippen LogP contribution in [0.2, 0.25) is 0 Å². The predicted octanol–water partition coefficient (Wildman–Crippen LogP) is 9.76. The fourth-order valence-electron chi connectivity index (χ4n) is 6.13. The van der Waals surface area contributed by atoms with E-state index in [0.717, 1.165) is 11.4 Å². The van der Waals surface area contributed by atoms with E-state index >= 15 is 0 Å². The highest BCUT2D eigenvalue weighted by Crippen LogP contribution is 2.53. The molecule has 174 valence electrons. The van der Waals surface area contributed by atoms with E-state index in [1.54, 1.807) is 0 Å². The Labute approximate surface area is 215 Å². The zero-order chi connectivity index (χ0) is 24.7. The zero-order valence-corrected chi connectivity index (χ0v) is 20.8. The Morgan fingerprint density at radius 2 is 1.30 bits per heavy atom. The molecule has 0 N–H and O–H groups in total. The summed E-state index contributed by atoms with van der Waals surface area (Å²) in [4.78, 5) is 7.41. The molecule has 0 bridgehead atoms. The Balaban J connectivity index is 1.59. The van der Waals surface area contributed by atoms with Gasteiger partial charge in [-0.3, -0.25) is 4.98 Å². The third kappa shape index (κ3) is 2.84. The van der Waals surface area contributed by atoms with Gasteiger partial charge in [-0.15, -0.1) is 0 Å². The minimum Gasteiger partial charge on any atom is -0.309 e. The SMILES string of the molecule is Cc1cc2ccc3c4ccnc5c4c(cc3c2cc1C)N(c1ccccc1)c1cc2ccccc2cc1-5. The smallest absolute Gasteiger partial charge is 0.0822 e. The zero-order valence-electron chi connectivity index (χ0n) is 20.8. The number of para-hydroxylation sites is 1. The monoisotopic (exact) mass is 472 g/mol. The summed E-state index contributed by atoms with van der Waals surface area (Å²) < 4.78 is 0. The Hall–Kier alpha value is -4.69. The Kier molecular flexibility index (Phi) is 4.10. The van der Waals surface area contributed by atoms with Crippen molar-refractivity contribution in [2.45, 2.75) is 13.8 Å². The summed E-state index contributed by atoms with van der Waals surface area (Å²) in [5.41, 5.74) is 8.39. The van der Waals surface area contributed by atoms with Gasteiger partial charge in [0.05, 0.1) is 17.1 Å². The number of hydrogen-bond acceptors (Lipinski definition) is 2. The second kappa shape index (κ2) is 7.41. The van der Waals surface area contributed by atoms with Crippen LogP contribution in [0.15, 0.2) is 109 Å². The van der Waals surface area contributed by atoms with Crippen molar-refractivity contribution in [1.82, 2.24) is 4.98 Å². The molecule has 2 heteroatoms. The molecule has 0 unspecified atom stereocenters. The highest BCUT2D eigenvalue weighted by Gasteiger charge is 2.28. The third-order valence-corrected chi connectivity index (χ3v) is 8.07. The molecule has 0 saturated heterocycles. The molecule has 0 atom stereocenters. The van der Waals surface area contributed by atoms with Gasteiger partial charge in [-0.1, -0.05) is 66.7 Å². The number of rotatable bonds is 1. The predicted molar refractivity (Wildman–Crippen MR) is 157 cm³/mol. The second-order valence-electron chi connectivity index (χ2n) is 10.2. The van der Waals surface area contributed by atoms with Crippen molar-refractivity contribution in [1.29, 1.82) is 0 Å². The molecule has 7 aromatic rings. The number of pyridine rings is 1. The first-order chi connectivity index (χ1) is 18.2. The molecule has 0 spiro atoms. The van der Waals surface area contributed by atoms with E-state index in [4.69, 9.17) is 4.98 Å². The summed E-state index contributed by atoms with van der Waals surface area (Å²) in [5, 5.41) is 10.1. The van der Waals surface area contributed by atoms with Crippen LogP contribution in [-0.2, 0) is 0 Å². The number of anilines is 3. The van der Waals surface area contributed by atoms with Crippen molar-refractivity contribution >= 4 is 60.2 Å². The molecule has 1 aliphatic rings. The molecule has 0 radical (unpaired) electrons. The summed E-state index contributed by atoms with van der Waals surface area (Å²) >= 11 is 0. The molecule has 2 heterocycles. The molecular weight excluding hydrogens is 448 g/mol. The van der Waals surface area contributed by atoms with E-state index in [1.807, 2.05) is 6.20 Å². The third-order valence-electron chi connectivity index (χ3n) is 8.07. The van der Waals surface area contributed by atoms with Gasteiger partial charge in [0, 0.05) is 22.8 Å². The topological polar surface area (TPSA) is 16.1 Å². The van der Waals surface area contributed by atoms with Gasteiger partial charge in [-0.05, 0) is 99.1 Å². The fourth-order valence-corrected chi connectivity index (χ4v) is 6.13. The van der Waals surface area contributed by atoms with Crippen molar-refractivity contribution in [2.24, 2.45) is 0 Å². The summed E-state index contributed by atoms with van der Waals surface area (Å²) in [6, 6.07) is 37.8. The molecule has 1 aliphatic heterocycles. The molecule has 8 rings (SSSR count). The first-order valence-corrected chi connectivity index (χ1v) is 12.8. The van der Waals surface area contributed by atoms with Gasteiger partial charge in [0.2, 0.25) is 0 Å². The van der Waals surface area contributed by atoms with Crippen LogP contribution in [0.5, 0.6) is 0 Å². The van der Waals surface area contributed by atoms with Crippen LogP contribution >= 0.6 is 0 Å². The van der Waals surface area contributed by atoms with E-state index < -0.39 is 0 Å². The van der Waals surface area contributed by atoms with Gasteiger partial charge in [-0.25, -0.2) is 0 Å². The second-order valence-corrected chi connectivity index (χ2v) is 10.2. The highest BCUT2D eigenvalue weighted by atomic mass is 15.2. The normalized spacial score (nSPS) is 12.5. The number of fused-ring (bicyclic) bond motifs is 7. The van der Waals surface area contributed by atoms with Gasteiger partial charge >= 0.3 is 0 Å². The average Bonchev–Trinajstić information content (AvgIpc) is 2.93. The van der Waals surface area contributed by atoms with Crippen molar-refractivity contribution in [3.8, 4) is 11.3 Å². The van der Waals surface area contributed by atoms with Crippen molar-refractivity contribution in [3.05, 3.63) is 120 Å². The summed E-state index contributed by atoms with van der Waals surface area (Å²) in [6.45, 7) is 4.40. The van der Waals surface area contributed by atoms with Crippen molar-refractivity contribution in [2.75, 3.05) is 4.90 Å². The molecule has 2 nitrogen and oxygen atoms in total. The van der Waals surface area contributed by atoms with Crippen LogP contribution in [0, 0.1) is 13.8 Å². The lowest BCUT2D eigenvalue weighted by Crippen LogP contribution is -2.15. The van der Waals surface area contributed by atoms with Crippen molar-refractivity contribution in [3.63, 3.8) is 0 Å². The van der Waals surface area contributed by atoms with Crippen LogP contribution in [0.1, 0.15) is 11.1 Å². The van der Waals surface area contributed by atoms with Crippen LogP contribution in [0.3, 0.4) is 0 Å². The van der Waals surface area contributed by atoms with Crippen LogP contribution in [-0.4, -0.2) is 4.98 Å². The quantitative estimate of drug-likeness (QED) is 0.221. The largest absolute Gasteiger partial charge is 0.309 e. The molecule has 1 aromatic heterocycles. The Bertz CT molecular complexity index is 2050. The first-order valence-electron chi connectivity index (χ1n) is 12.8. The number of hydrogen-bond donors (Lipinski definition) is 0. The van der Waals surface area contributed by atoms with Gasteiger partial charge in [0.1, 0.15) is 0 Å². The molecule has 0 fully saturated rings. The van der Waals surface area contributed by atoms with Gasteiger partial charge in [-0.2, -0.15) is 0 Å². The Morgan fingerprint density at radius 1 is 0.541 bits per heavy atom. The number of aryl methyl sites for hydroxylation is 2. The lowest BCUT2D eigenvalue weighted by atomic mass is 9.88. The van der Waals surface area contributed by atoms with E-state index in [1.165, 1.54) is 71.2 Å². The maximum Gasteiger partial charge on any atom is 0.0822 e. The van der Waals surface area contributed by atoms with Crippen LogP contribution < -0.4 is 4.90 Å². The van der Waals surface area contributed by atoms with Crippen LogP contribution in [0.4, 0.5) is 17.1 Å². The minimum absolute atomic E-state index is 1.06. The summed E-state index contributed by atoms with van der Waals surface area (Å²) in [6.07, 6.45) is 1.97. The average molecular weight is 473 g/mol. The van der Waals surface area contributed by atoms with Crippen molar-refractivity contribution < 1.29 is 0 Å². The van der Waals surface area contributed by atoms with E-state index in [-0.39, 0.29) is 0 Å². The molecular formula is C35H24N2.